The van der Waals surface area contributed by atoms with Crippen molar-refractivity contribution in [2.75, 3.05) is 32.7 Å². The Morgan fingerprint density at radius 1 is 1.40 bits per heavy atom. The maximum absolute atomic E-state index is 11.1. The standard InChI is InChI=1S/C17H29N5O2.HI/c1-4-19-17(20-11-14-7-8-15(24-14)16(18)23)22-10-9-13(12-22)21(5-2)6-3;/h7-8,13H,4-6,9-12H2,1-3H3,(H2,18,23)(H,19,20);1H. The summed E-state index contributed by atoms with van der Waals surface area (Å²) in [5, 5.41) is 3.34. The number of carbonyl (C=O) groups excluding carboxylic acids is 1. The summed E-state index contributed by atoms with van der Waals surface area (Å²) >= 11 is 0. The molecule has 7 nitrogen and oxygen atoms in total. The van der Waals surface area contributed by atoms with Crippen molar-refractivity contribution in [2.45, 2.75) is 39.8 Å². The number of halogens is 1. The van der Waals surface area contributed by atoms with Crippen molar-refractivity contribution in [1.82, 2.24) is 15.1 Å². The molecule has 0 aromatic carbocycles. The number of likely N-dealkylation sites (tertiary alicyclic amines) is 1. The van der Waals surface area contributed by atoms with E-state index in [1.54, 1.807) is 12.1 Å². The minimum atomic E-state index is -0.557. The second kappa shape index (κ2) is 10.6. The molecule has 1 aliphatic heterocycles. The number of aliphatic imine (C=N–C) groups is 1. The molecule has 2 heterocycles. The Morgan fingerprint density at radius 2 is 2.12 bits per heavy atom. The van der Waals surface area contributed by atoms with Gasteiger partial charge in [0.1, 0.15) is 12.3 Å². The summed E-state index contributed by atoms with van der Waals surface area (Å²) < 4.78 is 5.39. The second-order valence-electron chi connectivity index (χ2n) is 5.91. The summed E-state index contributed by atoms with van der Waals surface area (Å²) in [4.78, 5) is 20.5. The van der Waals surface area contributed by atoms with Crippen LogP contribution in [0, 0.1) is 0 Å². The molecule has 1 aliphatic rings. The Morgan fingerprint density at radius 3 is 2.68 bits per heavy atom. The van der Waals surface area contributed by atoms with E-state index >= 15 is 0 Å². The van der Waals surface area contributed by atoms with Crippen molar-refractivity contribution in [3.63, 3.8) is 0 Å². The molecule has 1 aromatic heterocycles. The number of guanidine groups is 1. The van der Waals surface area contributed by atoms with E-state index in [9.17, 15) is 4.79 Å². The van der Waals surface area contributed by atoms with Crippen LogP contribution in [-0.4, -0.2) is 60.4 Å². The number of hydrogen-bond acceptors (Lipinski definition) is 4. The third-order valence-electron chi connectivity index (χ3n) is 4.42. The SMILES string of the molecule is CCNC(=NCc1ccc(C(N)=O)o1)N1CCC(N(CC)CC)C1.I. The molecule has 0 radical (unpaired) electrons. The number of amides is 1. The molecule has 0 aliphatic carbocycles. The predicted molar refractivity (Wildman–Crippen MR) is 110 cm³/mol. The van der Waals surface area contributed by atoms with Crippen LogP contribution in [0.3, 0.4) is 0 Å². The van der Waals surface area contributed by atoms with Crippen molar-refractivity contribution in [3.05, 3.63) is 23.7 Å². The maximum Gasteiger partial charge on any atom is 0.284 e. The molecule has 1 fully saturated rings. The van der Waals surface area contributed by atoms with Gasteiger partial charge in [0, 0.05) is 25.7 Å². The monoisotopic (exact) mass is 463 g/mol. The van der Waals surface area contributed by atoms with Gasteiger partial charge in [-0.15, -0.1) is 24.0 Å². The molecule has 3 N–H and O–H groups in total. The smallest absolute Gasteiger partial charge is 0.284 e. The van der Waals surface area contributed by atoms with Crippen LogP contribution in [0.5, 0.6) is 0 Å². The minimum Gasteiger partial charge on any atom is -0.454 e. The molecule has 0 spiro atoms. The van der Waals surface area contributed by atoms with E-state index in [1.165, 1.54) is 0 Å². The van der Waals surface area contributed by atoms with Crippen LogP contribution in [0.25, 0.3) is 0 Å². The number of nitrogens with one attached hydrogen (secondary N) is 1. The first-order valence-corrected chi connectivity index (χ1v) is 8.74. The topological polar surface area (TPSA) is 87.1 Å². The average molecular weight is 463 g/mol. The van der Waals surface area contributed by atoms with Crippen LogP contribution in [0.4, 0.5) is 0 Å². The van der Waals surface area contributed by atoms with E-state index < -0.39 is 5.91 Å². The Balaban J connectivity index is 0.00000312. The Kier molecular flexibility index (Phi) is 9.26. The lowest BCUT2D eigenvalue weighted by atomic mass is 10.2. The van der Waals surface area contributed by atoms with Crippen molar-refractivity contribution < 1.29 is 9.21 Å². The van der Waals surface area contributed by atoms with Crippen molar-refractivity contribution >= 4 is 35.8 Å². The third-order valence-corrected chi connectivity index (χ3v) is 4.42. The highest BCUT2D eigenvalue weighted by molar-refractivity contribution is 14.0. The molecule has 1 saturated heterocycles. The lowest BCUT2D eigenvalue weighted by Crippen LogP contribution is -2.43. The number of likely N-dealkylation sites (N-methyl/N-ethyl adjacent to an activating group) is 1. The summed E-state index contributed by atoms with van der Waals surface area (Å²) in [5.41, 5.74) is 5.21. The normalized spacial score (nSPS) is 17.7. The second-order valence-corrected chi connectivity index (χ2v) is 5.91. The fraction of sp³-hybridized carbons (Fsp3) is 0.647. The summed E-state index contributed by atoms with van der Waals surface area (Å²) in [7, 11) is 0. The van der Waals surface area contributed by atoms with E-state index in [0.717, 1.165) is 45.1 Å². The first kappa shape index (κ1) is 21.8. The predicted octanol–water partition coefficient (Wildman–Crippen LogP) is 1.88. The fourth-order valence-corrected chi connectivity index (χ4v) is 3.15. The molecule has 25 heavy (non-hydrogen) atoms. The number of nitrogens with two attached hydrogens (primary N) is 1. The van der Waals surface area contributed by atoms with Crippen LogP contribution in [-0.2, 0) is 6.54 Å². The Labute approximate surface area is 167 Å². The number of carbonyl (C=O) groups is 1. The van der Waals surface area contributed by atoms with Crippen LogP contribution >= 0.6 is 24.0 Å². The van der Waals surface area contributed by atoms with E-state index in [-0.39, 0.29) is 29.7 Å². The summed E-state index contributed by atoms with van der Waals surface area (Å²) in [6.07, 6.45) is 1.15. The number of rotatable bonds is 7. The van der Waals surface area contributed by atoms with Gasteiger partial charge in [0.25, 0.3) is 5.91 Å². The van der Waals surface area contributed by atoms with Crippen LogP contribution < -0.4 is 11.1 Å². The van der Waals surface area contributed by atoms with Gasteiger partial charge in [0.2, 0.25) is 0 Å². The minimum absolute atomic E-state index is 0. The quantitative estimate of drug-likeness (QED) is 0.367. The number of furan rings is 1. The van der Waals surface area contributed by atoms with Gasteiger partial charge >= 0.3 is 0 Å². The zero-order valence-corrected chi connectivity index (χ0v) is 17.7. The highest BCUT2D eigenvalue weighted by Gasteiger charge is 2.28. The van der Waals surface area contributed by atoms with Crippen molar-refractivity contribution in [2.24, 2.45) is 10.7 Å². The van der Waals surface area contributed by atoms with Crippen LogP contribution in [0.15, 0.2) is 21.5 Å². The molecule has 1 unspecified atom stereocenters. The van der Waals surface area contributed by atoms with Gasteiger partial charge in [-0.05, 0) is 38.6 Å². The molecule has 0 saturated carbocycles. The van der Waals surface area contributed by atoms with Gasteiger partial charge in [0.15, 0.2) is 11.7 Å². The number of hydrogen-bond donors (Lipinski definition) is 2. The van der Waals surface area contributed by atoms with Crippen molar-refractivity contribution in [3.8, 4) is 0 Å². The van der Waals surface area contributed by atoms with Gasteiger partial charge in [0.05, 0.1) is 0 Å². The highest BCUT2D eigenvalue weighted by atomic mass is 127. The lowest BCUT2D eigenvalue weighted by molar-refractivity contribution is 0.0972. The molecular formula is C17H30IN5O2. The number of nitrogens with zero attached hydrogens (tertiary/aromatic N) is 3. The molecule has 8 heteroatoms. The van der Waals surface area contributed by atoms with Gasteiger partial charge < -0.3 is 20.4 Å². The fourth-order valence-electron chi connectivity index (χ4n) is 3.15. The summed E-state index contributed by atoms with van der Waals surface area (Å²) in [5.74, 6) is 1.15. The average Bonchev–Trinajstić information content (AvgIpc) is 3.22. The first-order valence-electron chi connectivity index (χ1n) is 8.74. The van der Waals surface area contributed by atoms with Gasteiger partial charge in [-0.1, -0.05) is 13.8 Å². The van der Waals surface area contributed by atoms with Gasteiger partial charge in [-0.2, -0.15) is 0 Å². The van der Waals surface area contributed by atoms with E-state index in [0.29, 0.717) is 18.3 Å². The third kappa shape index (κ3) is 5.88. The van der Waals surface area contributed by atoms with E-state index in [1.807, 2.05) is 0 Å². The Bertz CT molecular complexity index is 571. The zero-order chi connectivity index (χ0) is 17.5. The van der Waals surface area contributed by atoms with E-state index in [4.69, 9.17) is 10.2 Å². The largest absolute Gasteiger partial charge is 0.454 e. The first-order chi connectivity index (χ1) is 11.6. The van der Waals surface area contributed by atoms with Gasteiger partial charge in [-0.3, -0.25) is 9.69 Å². The zero-order valence-electron chi connectivity index (χ0n) is 15.3. The van der Waals surface area contributed by atoms with E-state index in [2.05, 4.69) is 40.9 Å². The molecule has 2 rings (SSSR count). The molecule has 0 bridgehead atoms. The highest BCUT2D eigenvalue weighted by Crippen LogP contribution is 2.16. The lowest BCUT2D eigenvalue weighted by Gasteiger charge is -2.27. The molecule has 1 atom stereocenters. The molecule has 1 amide bonds. The molecule has 1 aromatic rings. The van der Waals surface area contributed by atoms with Crippen molar-refractivity contribution in [1.29, 1.82) is 0 Å². The molecule has 142 valence electrons. The summed E-state index contributed by atoms with van der Waals surface area (Å²) in [6.45, 7) is 11.8. The van der Waals surface area contributed by atoms with Gasteiger partial charge in [-0.25, -0.2) is 4.99 Å². The maximum atomic E-state index is 11.1. The summed E-state index contributed by atoms with van der Waals surface area (Å²) in [6, 6.07) is 3.91. The van der Waals surface area contributed by atoms with Crippen LogP contribution in [0.1, 0.15) is 43.5 Å². The van der Waals surface area contributed by atoms with Crippen LogP contribution in [0.2, 0.25) is 0 Å². The molecular weight excluding hydrogens is 433 g/mol. The number of primary amides is 1. The Hall–Kier alpha value is -1.29.